The molecule has 1 aromatic carbocycles. The maximum absolute atomic E-state index is 12.8. The van der Waals surface area contributed by atoms with Crippen LogP contribution in [0.2, 0.25) is 0 Å². The van der Waals surface area contributed by atoms with Gasteiger partial charge in [0.1, 0.15) is 5.82 Å². The number of carbonyl (C=O) groups is 1. The van der Waals surface area contributed by atoms with Crippen LogP contribution in [0.4, 0.5) is 4.39 Å². The fourth-order valence-electron chi connectivity index (χ4n) is 1.13. The van der Waals surface area contributed by atoms with Crippen LogP contribution in [0.25, 0.3) is 0 Å². The molecular weight excluding hydrogens is 199 g/mol. The lowest BCUT2D eigenvalue weighted by Crippen LogP contribution is -2.30. The Morgan fingerprint density at radius 1 is 1.60 bits per heavy atom. The van der Waals surface area contributed by atoms with Crippen LogP contribution in [0.3, 0.4) is 0 Å². The van der Waals surface area contributed by atoms with Gasteiger partial charge < -0.3 is 9.74 Å². The Balaban J connectivity index is 2.67. The number of likely N-dealkylation sites (N-methyl/N-ethyl adjacent to an activating group) is 1. The highest BCUT2D eigenvalue weighted by atomic mass is 19.1. The molecule has 0 heterocycles. The lowest BCUT2D eigenvalue weighted by molar-refractivity contribution is 0.0696. The third-order valence-electron chi connectivity index (χ3n) is 1.96. The molecule has 0 aliphatic carbocycles. The summed E-state index contributed by atoms with van der Waals surface area (Å²) in [6.45, 7) is 0.614. The molecule has 1 amide bonds. The highest BCUT2D eigenvalue weighted by Crippen LogP contribution is 2.06. The molecular formula is C10H13FN2O2. The van der Waals surface area contributed by atoms with Crippen LogP contribution in [0.15, 0.2) is 24.3 Å². The van der Waals surface area contributed by atoms with Crippen molar-refractivity contribution in [3.05, 3.63) is 35.6 Å². The van der Waals surface area contributed by atoms with E-state index in [-0.39, 0.29) is 12.5 Å². The molecule has 0 radical (unpaired) electrons. The van der Waals surface area contributed by atoms with E-state index < -0.39 is 5.82 Å². The van der Waals surface area contributed by atoms with Crippen molar-refractivity contribution >= 4 is 5.91 Å². The summed E-state index contributed by atoms with van der Waals surface area (Å²) in [6.07, 6.45) is 0. The first-order valence-corrected chi connectivity index (χ1v) is 4.48. The predicted octanol–water partition coefficient (Wildman–Crippen LogP) is 0.788. The van der Waals surface area contributed by atoms with Gasteiger partial charge in [-0.15, -0.1) is 0 Å². The molecule has 1 aromatic rings. The van der Waals surface area contributed by atoms with Crippen molar-refractivity contribution in [2.24, 2.45) is 5.90 Å². The summed E-state index contributed by atoms with van der Waals surface area (Å²) in [5.41, 5.74) is 0.314. The number of benzene rings is 1. The zero-order chi connectivity index (χ0) is 11.3. The average Bonchev–Trinajstić information content (AvgIpc) is 2.24. The quantitative estimate of drug-likeness (QED) is 0.751. The minimum absolute atomic E-state index is 0.248. The van der Waals surface area contributed by atoms with Crippen molar-refractivity contribution in [1.82, 2.24) is 4.90 Å². The van der Waals surface area contributed by atoms with Crippen LogP contribution in [-0.2, 0) is 4.84 Å². The average molecular weight is 212 g/mol. The second kappa shape index (κ2) is 5.43. The summed E-state index contributed by atoms with van der Waals surface area (Å²) in [7, 11) is 1.60. The van der Waals surface area contributed by atoms with E-state index in [1.807, 2.05) is 0 Å². The largest absolute Gasteiger partial charge is 0.339 e. The van der Waals surface area contributed by atoms with E-state index in [9.17, 15) is 9.18 Å². The number of carbonyl (C=O) groups excluding carboxylic acids is 1. The molecule has 0 fully saturated rings. The van der Waals surface area contributed by atoms with E-state index in [1.54, 1.807) is 13.1 Å². The molecule has 5 heteroatoms. The standard InChI is InChI=1S/C10H13FN2O2/c1-13(5-6-15-12)10(14)8-3-2-4-9(11)7-8/h2-4,7H,5-6,12H2,1H3. The predicted molar refractivity (Wildman–Crippen MR) is 53.5 cm³/mol. The molecule has 82 valence electrons. The van der Waals surface area contributed by atoms with Gasteiger partial charge in [-0.05, 0) is 18.2 Å². The first-order chi connectivity index (χ1) is 7.15. The van der Waals surface area contributed by atoms with Crippen molar-refractivity contribution in [3.63, 3.8) is 0 Å². The molecule has 4 nitrogen and oxygen atoms in total. The van der Waals surface area contributed by atoms with Crippen LogP contribution in [0.1, 0.15) is 10.4 Å². The fourth-order valence-corrected chi connectivity index (χ4v) is 1.13. The minimum Gasteiger partial charge on any atom is -0.339 e. The van der Waals surface area contributed by atoms with Gasteiger partial charge >= 0.3 is 0 Å². The number of hydrogen-bond acceptors (Lipinski definition) is 3. The monoisotopic (exact) mass is 212 g/mol. The van der Waals surface area contributed by atoms with E-state index in [0.29, 0.717) is 12.1 Å². The summed E-state index contributed by atoms with van der Waals surface area (Å²) in [5, 5.41) is 0. The van der Waals surface area contributed by atoms with E-state index >= 15 is 0 Å². The van der Waals surface area contributed by atoms with Crippen molar-refractivity contribution in [2.75, 3.05) is 20.2 Å². The molecule has 2 N–H and O–H groups in total. The SMILES string of the molecule is CN(CCON)C(=O)c1cccc(F)c1. The molecule has 0 aliphatic heterocycles. The van der Waals surface area contributed by atoms with Crippen LogP contribution < -0.4 is 5.90 Å². The molecule has 0 saturated carbocycles. The highest BCUT2D eigenvalue weighted by Gasteiger charge is 2.11. The smallest absolute Gasteiger partial charge is 0.253 e. The highest BCUT2D eigenvalue weighted by molar-refractivity contribution is 5.94. The molecule has 0 aromatic heterocycles. The van der Waals surface area contributed by atoms with Crippen LogP contribution in [-0.4, -0.2) is 31.0 Å². The van der Waals surface area contributed by atoms with Gasteiger partial charge in [0.05, 0.1) is 6.61 Å². The van der Waals surface area contributed by atoms with Gasteiger partial charge in [0.15, 0.2) is 0 Å². The van der Waals surface area contributed by atoms with Gasteiger partial charge in [0, 0.05) is 19.2 Å². The van der Waals surface area contributed by atoms with E-state index in [1.165, 1.54) is 23.1 Å². The third-order valence-corrected chi connectivity index (χ3v) is 1.96. The molecule has 15 heavy (non-hydrogen) atoms. The maximum Gasteiger partial charge on any atom is 0.253 e. The number of rotatable bonds is 4. The summed E-state index contributed by atoms with van der Waals surface area (Å²) < 4.78 is 12.8. The van der Waals surface area contributed by atoms with Gasteiger partial charge in [0.25, 0.3) is 5.91 Å². The van der Waals surface area contributed by atoms with Crippen molar-refractivity contribution < 1.29 is 14.0 Å². The van der Waals surface area contributed by atoms with Crippen molar-refractivity contribution in [3.8, 4) is 0 Å². The Morgan fingerprint density at radius 2 is 2.33 bits per heavy atom. The Kier molecular flexibility index (Phi) is 4.20. The molecule has 1 rings (SSSR count). The number of halogens is 1. The minimum atomic E-state index is -0.427. The lowest BCUT2D eigenvalue weighted by atomic mass is 10.2. The van der Waals surface area contributed by atoms with Gasteiger partial charge in [-0.2, -0.15) is 0 Å². The number of amides is 1. The molecule has 0 spiro atoms. The zero-order valence-electron chi connectivity index (χ0n) is 8.44. The van der Waals surface area contributed by atoms with E-state index in [2.05, 4.69) is 4.84 Å². The number of nitrogens with two attached hydrogens (primary N) is 1. The first kappa shape index (κ1) is 11.6. The Hall–Kier alpha value is -1.46. The number of nitrogens with zero attached hydrogens (tertiary/aromatic N) is 1. The summed E-state index contributed by atoms with van der Waals surface area (Å²) in [6, 6.07) is 5.54. The van der Waals surface area contributed by atoms with Crippen molar-refractivity contribution in [1.29, 1.82) is 0 Å². The van der Waals surface area contributed by atoms with Gasteiger partial charge in [0.2, 0.25) is 0 Å². The third kappa shape index (κ3) is 3.30. The second-order valence-corrected chi connectivity index (χ2v) is 3.11. The number of hydrogen-bond donors (Lipinski definition) is 1. The maximum atomic E-state index is 12.8. The van der Waals surface area contributed by atoms with Crippen molar-refractivity contribution in [2.45, 2.75) is 0 Å². The molecule has 0 unspecified atom stereocenters. The Bertz CT molecular complexity index is 344. The molecule has 0 bridgehead atoms. The Labute approximate surface area is 87.4 Å². The second-order valence-electron chi connectivity index (χ2n) is 3.11. The lowest BCUT2D eigenvalue weighted by Gasteiger charge is -2.16. The normalized spacial score (nSPS) is 10.1. The topological polar surface area (TPSA) is 55.6 Å². The summed E-state index contributed by atoms with van der Waals surface area (Å²) >= 11 is 0. The van der Waals surface area contributed by atoms with Crippen LogP contribution in [0.5, 0.6) is 0 Å². The summed E-state index contributed by atoms with van der Waals surface area (Å²) in [5.74, 6) is 4.16. The molecule has 0 atom stereocenters. The van der Waals surface area contributed by atoms with Gasteiger partial charge in [-0.25, -0.2) is 10.3 Å². The van der Waals surface area contributed by atoms with Gasteiger partial charge in [-0.3, -0.25) is 4.79 Å². The zero-order valence-corrected chi connectivity index (χ0v) is 8.44. The van der Waals surface area contributed by atoms with E-state index in [4.69, 9.17) is 5.90 Å². The van der Waals surface area contributed by atoms with Crippen LogP contribution in [0, 0.1) is 5.82 Å². The fraction of sp³-hybridized carbons (Fsp3) is 0.300. The van der Waals surface area contributed by atoms with Gasteiger partial charge in [-0.1, -0.05) is 6.07 Å². The molecule has 0 aliphatic rings. The van der Waals surface area contributed by atoms with Crippen LogP contribution >= 0.6 is 0 Å². The summed E-state index contributed by atoms with van der Waals surface area (Å²) in [4.78, 5) is 17.4. The van der Waals surface area contributed by atoms with E-state index in [0.717, 1.165) is 0 Å². The Morgan fingerprint density at radius 3 is 2.93 bits per heavy atom. The molecule has 0 saturated heterocycles. The first-order valence-electron chi connectivity index (χ1n) is 4.48.